The van der Waals surface area contributed by atoms with Gasteiger partial charge in [0.25, 0.3) is 15.9 Å². The maximum atomic E-state index is 13.4. The quantitative estimate of drug-likeness (QED) is 0.359. The van der Waals surface area contributed by atoms with Gasteiger partial charge in [-0.3, -0.25) is 4.79 Å². The fourth-order valence-corrected chi connectivity index (χ4v) is 6.94. The van der Waals surface area contributed by atoms with E-state index < -0.39 is 36.8 Å². The molecule has 0 bridgehead atoms. The molecule has 2 aromatic heterocycles. The second-order valence-corrected chi connectivity index (χ2v) is 13.5. The van der Waals surface area contributed by atoms with E-state index in [-0.39, 0.29) is 35.6 Å². The van der Waals surface area contributed by atoms with Gasteiger partial charge < -0.3 is 5.32 Å². The highest BCUT2D eigenvalue weighted by Gasteiger charge is 2.32. The van der Waals surface area contributed by atoms with Crippen LogP contribution in [0.1, 0.15) is 23.2 Å². The molecule has 198 valence electrons. The number of hydrogen-bond donors (Lipinski definition) is 2. The third-order valence-corrected chi connectivity index (χ3v) is 9.40. The Labute approximate surface area is 228 Å². The molecule has 14 heteroatoms. The average molecular weight is 595 g/mol. The van der Waals surface area contributed by atoms with E-state index >= 15 is 0 Å². The van der Waals surface area contributed by atoms with Gasteiger partial charge in [0.2, 0.25) is 5.03 Å². The van der Waals surface area contributed by atoms with E-state index in [9.17, 15) is 21.6 Å². The van der Waals surface area contributed by atoms with Crippen LogP contribution in [-0.2, 0) is 19.9 Å². The Hall–Kier alpha value is -3.03. The van der Waals surface area contributed by atoms with Crippen molar-refractivity contribution in [1.29, 1.82) is 0 Å². The number of rotatable bonds is 5. The van der Waals surface area contributed by atoms with Crippen molar-refractivity contribution in [1.82, 2.24) is 19.9 Å². The lowest BCUT2D eigenvalue weighted by Crippen LogP contribution is -2.41. The topological polar surface area (TPSA) is 154 Å². The summed E-state index contributed by atoms with van der Waals surface area (Å²) in [5, 5.41) is 12.7. The minimum Gasteiger partial charge on any atom is -0.349 e. The van der Waals surface area contributed by atoms with Crippen molar-refractivity contribution in [2.75, 3.05) is 11.5 Å². The lowest BCUT2D eigenvalue weighted by atomic mass is 10.0. The highest BCUT2D eigenvalue weighted by Crippen LogP contribution is 2.37. The molecule has 0 unspecified atom stereocenters. The first-order valence-corrected chi connectivity index (χ1v) is 15.5. The van der Waals surface area contributed by atoms with E-state index in [2.05, 4.69) is 15.4 Å². The number of nitrogens with zero attached hydrogens (tertiary/aromatic N) is 3. The first-order valence-electron chi connectivity index (χ1n) is 11.4. The van der Waals surface area contributed by atoms with E-state index in [1.807, 2.05) is 0 Å². The van der Waals surface area contributed by atoms with Crippen molar-refractivity contribution in [3.63, 3.8) is 0 Å². The Morgan fingerprint density at radius 1 is 1.03 bits per heavy atom. The van der Waals surface area contributed by atoms with Crippen LogP contribution in [0.2, 0.25) is 10.0 Å². The summed E-state index contributed by atoms with van der Waals surface area (Å²) < 4.78 is 50.0. The average Bonchev–Trinajstić information content (AvgIpc) is 3.26. The normalized spacial score (nSPS) is 16.0. The molecular weight excluding hydrogens is 573 g/mol. The molecule has 1 saturated heterocycles. The van der Waals surface area contributed by atoms with E-state index in [1.54, 1.807) is 48.5 Å². The van der Waals surface area contributed by atoms with Crippen LogP contribution in [0.4, 0.5) is 0 Å². The number of aromatic nitrogens is 3. The first-order chi connectivity index (χ1) is 17.9. The fraction of sp³-hybridized carbons (Fsp3) is 0.208. The predicted octanol–water partition coefficient (Wildman–Crippen LogP) is 3.32. The van der Waals surface area contributed by atoms with Gasteiger partial charge in [0.1, 0.15) is 15.4 Å². The lowest BCUT2D eigenvalue weighted by molar-refractivity contribution is 0.0932. The van der Waals surface area contributed by atoms with Crippen molar-refractivity contribution in [3.05, 3.63) is 70.3 Å². The van der Waals surface area contributed by atoms with Crippen molar-refractivity contribution < 1.29 is 21.6 Å². The van der Waals surface area contributed by atoms with Crippen molar-refractivity contribution in [2.45, 2.75) is 23.9 Å². The predicted molar refractivity (Wildman–Crippen MR) is 144 cm³/mol. The number of carbonyl (C=O) groups excluding carboxylic acids is 1. The highest BCUT2D eigenvalue weighted by atomic mass is 35.5. The molecule has 0 spiro atoms. The standard InChI is InChI=1S/C24H21Cl2N5O5S2/c25-15-7-5-14(6-8-15)21-18(17-3-1-2-4-19(17)26)13-28-22-20(24(30-31(21)22)38(27,35)36)23(32)29-16-9-11-37(33,34)12-10-16/h1-8,13,16H,9-12H2,(H,29,32)(H2,27,35,36). The Bertz CT molecular complexity index is 1770. The molecule has 10 nitrogen and oxygen atoms in total. The Balaban J connectivity index is 1.73. The molecule has 2 aromatic carbocycles. The van der Waals surface area contributed by atoms with Gasteiger partial charge in [-0.25, -0.2) is 31.5 Å². The number of hydrogen-bond acceptors (Lipinski definition) is 7. The number of sulfonamides is 1. The van der Waals surface area contributed by atoms with Crippen LogP contribution in [0.25, 0.3) is 28.0 Å². The molecule has 1 amide bonds. The van der Waals surface area contributed by atoms with Gasteiger partial charge in [0.15, 0.2) is 5.65 Å². The van der Waals surface area contributed by atoms with E-state index in [0.29, 0.717) is 32.4 Å². The Morgan fingerprint density at radius 3 is 2.32 bits per heavy atom. The maximum Gasteiger partial charge on any atom is 0.258 e. The largest absolute Gasteiger partial charge is 0.349 e. The summed E-state index contributed by atoms with van der Waals surface area (Å²) in [5.74, 6) is -0.919. The second-order valence-electron chi connectivity index (χ2n) is 8.87. The van der Waals surface area contributed by atoms with Crippen LogP contribution in [-0.4, -0.2) is 54.9 Å². The molecule has 38 heavy (non-hydrogen) atoms. The number of nitrogens with one attached hydrogen (secondary N) is 1. The third kappa shape index (κ3) is 5.14. The molecule has 0 radical (unpaired) electrons. The van der Waals surface area contributed by atoms with Crippen LogP contribution in [0.3, 0.4) is 0 Å². The molecule has 5 rings (SSSR count). The number of fused-ring (bicyclic) bond motifs is 1. The molecule has 1 aliphatic heterocycles. The Morgan fingerprint density at radius 2 is 1.68 bits per heavy atom. The summed E-state index contributed by atoms with van der Waals surface area (Å²) in [5.41, 5.74) is 1.77. The minimum atomic E-state index is -4.47. The van der Waals surface area contributed by atoms with Gasteiger partial charge in [-0.2, -0.15) is 5.10 Å². The molecule has 0 saturated carbocycles. The first kappa shape index (κ1) is 26.6. The summed E-state index contributed by atoms with van der Waals surface area (Å²) in [7, 11) is -7.63. The van der Waals surface area contributed by atoms with E-state index in [4.69, 9.17) is 28.3 Å². The van der Waals surface area contributed by atoms with Crippen LogP contribution in [0.5, 0.6) is 0 Å². The monoisotopic (exact) mass is 593 g/mol. The highest BCUT2D eigenvalue weighted by molar-refractivity contribution is 7.91. The lowest BCUT2D eigenvalue weighted by Gasteiger charge is -2.22. The van der Waals surface area contributed by atoms with Gasteiger partial charge in [-0.05, 0) is 31.0 Å². The zero-order valence-corrected chi connectivity index (χ0v) is 22.8. The van der Waals surface area contributed by atoms with Gasteiger partial charge >= 0.3 is 0 Å². The van der Waals surface area contributed by atoms with Gasteiger partial charge in [-0.15, -0.1) is 0 Å². The van der Waals surface area contributed by atoms with Gasteiger partial charge in [-0.1, -0.05) is 53.5 Å². The molecule has 1 fully saturated rings. The minimum absolute atomic E-state index is 0.0456. The number of primary sulfonamides is 1. The van der Waals surface area contributed by atoms with E-state index in [1.165, 1.54) is 10.7 Å². The zero-order valence-electron chi connectivity index (χ0n) is 19.6. The fourth-order valence-electron chi connectivity index (χ4n) is 4.42. The zero-order chi connectivity index (χ0) is 27.2. The molecule has 3 N–H and O–H groups in total. The maximum absolute atomic E-state index is 13.4. The number of nitrogens with two attached hydrogens (primary N) is 1. The molecule has 4 aromatic rings. The van der Waals surface area contributed by atoms with Crippen LogP contribution >= 0.6 is 23.2 Å². The molecule has 0 aliphatic carbocycles. The number of halogens is 2. The van der Waals surface area contributed by atoms with Crippen LogP contribution < -0.4 is 10.5 Å². The van der Waals surface area contributed by atoms with Gasteiger partial charge in [0, 0.05) is 39.0 Å². The summed E-state index contributed by atoms with van der Waals surface area (Å²) in [6, 6.07) is 13.3. The summed E-state index contributed by atoms with van der Waals surface area (Å²) in [6.07, 6.45) is 1.90. The molecule has 1 aliphatic rings. The summed E-state index contributed by atoms with van der Waals surface area (Å²) >= 11 is 12.6. The smallest absolute Gasteiger partial charge is 0.258 e. The van der Waals surface area contributed by atoms with Crippen molar-refractivity contribution in [3.8, 4) is 22.4 Å². The summed E-state index contributed by atoms with van der Waals surface area (Å²) in [6.45, 7) is 0. The number of benzene rings is 2. The Kier molecular flexibility index (Phi) is 6.95. The van der Waals surface area contributed by atoms with Gasteiger partial charge in [0.05, 0.1) is 17.2 Å². The van der Waals surface area contributed by atoms with Crippen molar-refractivity contribution in [2.24, 2.45) is 5.14 Å². The summed E-state index contributed by atoms with van der Waals surface area (Å²) in [4.78, 5) is 17.8. The van der Waals surface area contributed by atoms with Crippen molar-refractivity contribution >= 4 is 54.6 Å². The SMILES string of the molecule is NS(=O)(=O)c1nn2c(-c3ccc(Cl)cc3)c(-c3ccccc3Cl)cnc2c1C(=O)NC1CCS(=O)(=O)CC1. The molecule has 0 atom stereocenters. The van der Waals surface area contributed by atoms with E-state index in [0.717, 1.165) is 0 Å². The number of sulfone groups is 1. The van der Waals surface area contributed by atoms with Crippen LogP contribution in [0.15, 0.2) is 59.8 Å². The second kappa shape index (κ2) is 9.93. The number of amides is 1. The van der Waals surface area contributed by atoms with Crippen LogP contribution in [0, 0.1) is 0 Å². The molecular formula is C24H21Cl2N5O5S2. The molecule has 3 heterocycles. The third-order valence-electron chi connectivity index (χ3n) is 6.28. The number of carbonyl (C=O) groups is 1.